The predicted molar refractivity (Wildman–Crippen MR) is 94.1 cm³/mol. The summed E-state index contributed by atoms with van der Waals surface area (Å²) in [5.41, 5.74) is 1.91. The van der Waals surface area contributed by atoms with Gasteiger partial charge in [-0.05, 0) is 30.7 Å². The first-order valence-electron chi connectivity index (χ1n) is 7.89. The lowest BCUT2D eigenvalue weighted by Gasteiger charge is -2.25. The molecule has 0 saturated carbocycles. The van der Waals surface area contributed by atoms with Gasteiger partial charge < -0.3 is 14.4 Å². The van der Waals surface area contributed by atoms with Gasteiger partial charge in [0, 0.05) is 24.5 Å². The van der Waals surface area contributed by atoms with E-state index in [4.69, 9.17) is 9.47 Å². The molecule has 2 aromatic rings. The van der Waals surface area contributed by atoms with Crippen molar-refractivity contribution in [3.8, 4) is 5.75 Å². The first kappa shape index (κ1) is 16.7. The highest BCUT2D eigenvalue weighted by Gasteiger charge is 2.13. The first-order valence-corrected chi connectivity index (χ1v) is 8.77. The summed E-state index contributed by atoms with van der Waals surface area (Å²) in [4.78, 5) is 18.2. The molecule has 0 bridgehead atoms. The van der Waals surface area contributed by atoms with Gasteiger partial charge in [0.25, 0.3) is 0 Å². The molecule has 5 nitrogen and oxygen atoms in total. The van der Waals surface area contributed by atoms with Gasteiger partial charge in [-0.1, -0.05) is 12.1 Å². The minimum Gasteiger partial charge on any atom is -0.487 e. The quantitative estimate of drug-likeness (QED) is 0.783. The summed E-state index contributed by atoms with van der Waals surface area (Å²) >= 11 is 1.62. The number of nitrogens with zero attached hydrogens (tertiary/aromatic N) is 2. The van der Waals surface area contributed by atoms with E-state index in [1.807, 2.05) is 42.6 Å². The van der Waals surface area contributed by atoms with Crippen LogP contribution in [0.3, 0.4) is 0 Å². The van der Waals surface area contributed by atoms with Gasteiger partial charge in [-0.25, -0.2) is 4.98 Å². The van der Waals surface area contributed by atoms with Crippen LogP contribution in [0.5, 0.6) is 5.75 Å². The Hall–Kier alpha value is -2.18. The number of thiazole rings is 1. The number of rotatable bonds is 5. The van der Waals surface area contributed by atoms with E-state index >= 15 is 0 Å². The predicted octanol–water partition coefficient (Wildman–Crippen LogP) is 2.90. The molecule has 1 aliphatic heterocycles. The Balaban J connectivity index is 1.52. The van der Waals surface area contributed by atoms with Crippen LogP contribution in [0.1, 0.15) is 16.3 Å². The van der Waals surface area contributed by atoms with E-state index in [1.54, 1.807) is 22.3 Å². The van der Waals surface area contributed by atoms with Crippen molar-refractivity contribution < 1.29 is 14.3 Å². The fraction of sp³-hybridized carbons (Fsp3) is 0.333. The number of hydrogen-bond acceptors (Lipinski definition) is 5. The second-order valence-corrected chi connectivity index (χ2v) is 6.55. The molecular weight excluding hydrogens is 324 g/mol. The molecule has 1 saturated heterocycles. The van der Waals surface area contributed by atoms with Gasteiger partial charge in [-0.15, -0.1) is 11.3 Å². The van der Waals surface area contributed by atoms with Crippen molar-refractivity contribution in [1.82, 2.24) is 9.88 Å². The SMILES string of the molecule is Cc1nc(COc2ccc(/C=C/C(=O)N3CCOCC3)cc2)cs1. The number of aromatic nitrogens is 1. The van der Waals surface area contributed by atoms with Crippen molar-refractivity contribution in [1.29, 1.82) is 0 Å². The highest BCUT2D eigenvalue weighted by molar-refractivity contribution is 7.09. The van der Waals surface area contributed by atoms with Gasteiger partial charge in [0.1, 0.15) is 12.4 Å². The van der Waals surface area contributed by atoms with Crippen LogP contribution in [0.25, 0.3) is 6.08 Å². The van der Waals surface area contributed by atoms with E-state index in [-0.39, 0.29) is 5.91 Å². The molecule has 1 fully saturated rings. The van der Waals surface area contributed by atoms with Crippen LogP contribution in [0.15, 0.2) is 35.7 Å². The maximum absolute atomic E-state index is 12.1. The molecule has 3 rings (SSSR count). The monoisotopic (exact) mass is 344 g/mol. The fourth-order valence-corrected chi connectivity index (χ4v) is 2.96. The van der Waals surface area contributed by atoms with E-state index in [9.17, 15) is 4.79 Å². The third-order valence-corrected chi connectivity index (χ3v) is 4.50. The van der Waals surface area contributed by atoms with Crippen molar-refractivity contribution in [2.45, 2.75) is 13.5 Å². The number of carbonyl (C=O) groups excluding carboxylic acids is 1. The molecule has 0 unspecified atom stereocenters. The molecular formula is C18H20N2O3S. The number of aryl methyl sites for hydroxylation is 1. The lowest BCUT2D eigenvalue weighted by atomic mass is 10.2. The molecule has 0 radical (unpaired) electrons. The third kappa shape index (κ3) is 4.66. The van der Waals surface area contributed by atoms with E-state index < -0.39 is 0 Å². The lowest BCUT2D eigenvalue weighted by Crippen LogP contribution is -2.39. The summed E-state index contributed by atoms with van der Waals surface area (Å²) in [7, 11) is 0. The topological polar surface area (TPSA) is 51.7 Å². The number of benzene rings is 1. The Morgan fingerprint density at radius 2 is 2.08 bits per heavy atom. The zero-order valence-corrected chi connectivity index (χ0v) is 14.4. The second-order valence-electron chi connectivity index (χ2n) is 5.49. The smallest absolute Gasteiger partial charge is 0.246 e. The Labute approximate surface area is 145 Å². The van der Waals surface area contributed by atoms with E-state index in [1.165, 1.54) is 0 Å². The maximum atomic E-state index is 12.1. The summed E-state index contributed by atoms with van der Waals surface area (Å²) in [6, 6.07) is 7.67. The van der Waals surface area contributed by atoms with Crippen molar-refractivity contribution in [2.24, 2.45) is 0 Å². The van der Waals surface area contributed by atoms with Gasteiger partial charge in [-0.2, -0.15) is 0 Å². The largest absolute Gasteiger partial charge is 0.487 e. The van der Waals surface area contributed by atoms with Crippen LogP contribution in [0.2, 0.25) is 0 Å². The third-order valence-electron chi connectivity index (χ3n) is 3.67. The van der Waals surface area contributed by atoms with E-state index in [2.05, 4.69) is 4.98 Å². The van der Waals surface area contributed by atoms with Crippen LogP contribution in [-0.2, 0) is 16.1 Å². The standard InChI is InChI=1S/C18H20N2O3S/c1-14-19-16(13-24-14)12-23-17-5-2-15(3-6-17)4-7-18(21)20-8-10-22-11-9-20/h2-7,13H,8-12H2,1H3/b7-4+. The van der Waals surface area contributed by atoms with Crippen LogP contribution in [-0.4, -0.2) is 42.1 Å². The minimum absolute atomic E-state index is 0.0255. The zero-order valence-electron chi connectivity index (χ0n) is 13.6. The van der Waals surface area contributed by atoms with Crippen molar-refractivity contribution in [3.63, 3.8) is 0 Å². The number of amides is 1. The molecule has 1 aromatic heterocycles. The molecule has 0 N–H and O–H groups in total. The number of morpholine rings is 1. The summed E-state index contributed by atoms with van der Waals surface area (Å²) in [5, 5.41) is 3.04. The summed E-state index contributed by atoms with van der Waals surface area (Å²) in [6.07, 6.45) is 3.44. The van der Waals surface area contributed by atoms with Gasteiger partial charge in [-0.3, -0.25) is 4.79 Å². The summed E-state index contributed by atoms with van der Waals surface area (Å²) in [5.74, 6) is 0.815. The molecule has 0 aliphatic carbocycles. The van der Waals surface area contributed by atoms with Crippen LogP contribution in [0, 0.1) is 6.92 Å². The minimum atomic E-state index is 0.0255. The number of hydrogen-bond donors (Lipinski definition) is 0. The van der Waals surface area contributed by atoms with Crippen LogP contribution in [0.4, 0.5) is 0 Å². The van der Waals surface area contributed by atoms with Gasteiger partial charge in [0.2, 0.25) is 5.91 Å². The summed E-state index contributed by atoms with van der Waals surface area (Å²) in [6.45, 7) is 4.99. The summed E-state index contributed by atoms with van der Waals surface area (Å²) < 4.78 is 11.0. The molecule has 126 valence electrons. The van der Waals surface area contributed by atoms with E-state index in [0.717, 1.165) is 22.0 Å². The molecule has 1 aliphatic rings. The Morgan fingerprint density at radius 1 is 1.33 bits per heavy atom. The second kappa shape index (κ2) is 8.08. The highest BCUT2D eigenvalue weighted by atomic mass is 32.1. The number of carbonyl (C=O) groups is 1. The Kier molecular flexibility index (Phi) is 5.61. The molecule has 24 heavy (non-hydrogen) atoms. The molecule has 2 heterocycles. The van der Waals surface area contributed by atoms with Crippen molar-refractivity contribution in [3.05, 3.63) is 52.0 Å². The first-order chi connectivity index (χ1) is 11.7. The molecule has 0 spiro atoms. The molecule has 0 atom stereocenters. The highest BCUT2D eigenvalue weighted by Crippen LogP contribution is 2.16. The maximum Gasteiger partial charge on any atom is 0.246 e. The van der Waals surface area contributed by atoms with Crippen molar-refractivity contribution >= 4 is 23.3 Å². The zero-order chi connectivity index (χ0) is 16.8. The van der Waals surface area contributed by atoms with Gasteiger partial charge in [0.15, 0.2) is 0 Å². The molecule has 6 heteroatoms. The molecule has 1 amide bonds. The molecule has 1 aromatic carbocycles. The number of ether oxygens (including phenoxy) is 2. The van der Waals surface area contributed by atoms with Gasteiger partial charge >= 0.3 is 0 Å². The van der Waals surface area contributed by atoms with Gasteiger partial charge in [0.05, 0.1) is 23.9 Å². The van der Waals surface area contributed by atoms with Crippen LogP contribution < -0.4 is 4.74 Å². The van der Waals surface area contributed by atoms with E-state index in [0.29, 0.717) is 32.9 Å². The fourth-order valence-electron chi connectivity index (χ4n) is 2.36. The normalized spacial score (nSPS) is 15.0. The average Bonchev–Trinajstić information content (AvgIpc) is 3.05. The van der Waals surface area contributed by atoms with Crippen LogP contribution >= 0.6 is 11.3 Å². The Morgan fingerprint density at radius 3 is 2.75 bits per heavy atom. The lowest BCUT2D eigenvalue weighted by molar-refractivity contribution is -0.129. The Bertz CT molecular complexity index is 703. The average molecular weight is 344 g/mol. The van der Waals surface area contributed by atoms with Crippen molar-refractivity contribution in [2.75, 3.05) is 26.3 Å².